The topological polar surface area (TPSA) is 75.1 Å². The molecule has 0 bridgehead atoms. The quantitative estimate of drug-likeness (QED) is 0.787. The number of carboxylic acids is 1. The molecule has 0 aliphatic heterocycles. The van der Waals surface area contributed by atoms with Crippen LogP contribution in [0.2, 0.25) is 0 Å². The molecule has 0 unspecified atom stereocenters. The Hall–Kier alpha value is -1.65. The van der Waals surface area contributed by atoms with E-state index in [0.29, 0.717) is 18.1 Å². The van der Waals surface area contributed by atoms with Gasteiger partial charge in [-0.1, -0.05) is 6.92 Å². The van der Waals surface area contributed by atoms with Crippen LogP contribution in [0.5, 0.6) is 0 Å². The minimum atomic E-state index is -0.983. The van der Waals surface area contributed by atoms with Crippen LogP contribution in [0, 0.1) is 0 Å². The normalized spacial score (nSPS) is 10.4. The third-order valence-corrected chi connectivity index (χ3v) is 1.85. The van der Waals surface area contributed by atoms with Crippen LogP contribution >= 0.6 is 0 Å². The van der Waals surface area contributed by atoms with Crippen LogP contribution in [0.25, 0.3) is 0 Å². The van der Waals surface area contributed by atoms with Crippen molar-refractivity contribution < 1.29 is 9.90 Å². The van der Waals surface area contributed by atoms with Crippen LogP contribution in [0.4, 0.5) is 5.95 Å². The predicted molar refractivity (Wildman–Crippen MR) is 57.1 cm³/mol. The van der Waals surface area contributed by atoms with Gasteiger partial charge in [-0.2, -0.15) is 0 Å². The molecule has 2 N–H and O–H groups in total. The molecule has 0 aromatic carbocycles. The molecule has 0 atom stereocenters. The summed E-state index contributed by atoms with van der Waals surface area (Å²) < 4.78 is 0. The molecule has 1 rings (SSSR count). The van der Waals surface area contributed by atoms with E-state index in [1.807, 2.05) is 20.8 Å². The SMILES string of the molecule is CCc1nc(NC(C)C)ncc1C(=O)O. The number of nitrogens with zero attached hydrogens (tertiary/aromatic N) is 2. The third kappa shape index (κ3) is 2.90. The van der Waals surface area contributed by atoms with Gasteiger partial charge in [0, 0.05) is 12.2 Å². The lowest BCUT2D eigenvalue weighted by molar-refractivity contribution is 0.0694. The highest BCUT2D eigenvalue weighted by Crippen LogP contribution is 2.09. The summed E-state index contributed by atoms with van der Waals surface area (Å²) in [5.41, 5.74) is 0.729. The Bertz CT molecular complexity index is 364. The van der Waals surface area contributed by atoms with Gasteiger partial charge in [-0.3, -0.25) is 0 Å². The number of carbonyl (C=O) groups is 1. The average molecular weight is 209 g/mol. The van der Waals surface area contributed by atoms with Crippen LogP contribution < -0.4 is 5.32 Å². The summed E-state index contributed by atoms with van der Waals surface area (Å²) in [5, 5.41) is 11.9. The summed E-state index contributed by atoms with van der Waals surface area (Å²) in [6.07, 6.45) is 1.93. The summed E-state index contributed by atoms with van der Waals surface area (Å²) in [5.74, 6) is -0.505. The van der Waals surface area contributed by atoms with Crippen molar-refractivity contribution in [2.75, 3.05) is 5.32 Å². The molecule has 5 heteroatoms. The monoisotopic (exact) mass is 209 g/mol. The Morgan fingerprint density at radius 3 is 2.73 bits per heavy atom. The molecular formula is C10H15N3O2. The van der Waals surface area contributed by atoms with Crippen LogP contribution in [0.3, 0.4) is 0 Å². The van der Waals surface area contributed by atoms with E-state index < -0.39 is 5.97 Å². The molecule has 1 aromatic rings. The van der Waals surface area contributed by atoms with Gasteiger partial charge in [0.2, 0.25) is 5.95 Å². The summed E-state index contributed by atoms with van der Waals surface area (Å²) in [6.45, 7) is 5.81. The molecule has 0 saturated heterocycles. The van der Waals surface area contributed by atoms with Crippen LogP contribution in [-0.4, -0.2) is 27.1 Å². The molecule has 0 spiro atoms. The van der Waals surface area contributed by atoms with Gasteiger partial charge in [0.25, 0.3) is 0 Å². The summed E-state index contributed by atoms with van der Waals surface area (Å²) in [6, 6.07) is 0.227. The highest BCUT2D eigenvalue weighted by atomic mass is 16.4. The molecule has 0 aliphatic rings. The van der Waals surface area contributed by atoms with Gasteiger partial charge in [0.15, 0.2) is 0 Å². The summed E-state index contributed by atoms with van der Waals surface area (Å²) in [7, 11) is 0. The first kappa shape index (κ1) is 11.4. The van der Waals surface area contributed by atoms with Crippen molar-refractivity contribution in [2.45, 2.75) is 33.2 Å². The van der Waals surface area contributed by atoms with Crippen LogP contribution in [0.15, 0.2) is 6.20 Å². The fourth-order valence-corrected chi connectivity index (χ4v) is 1.19. The molecule has 1 aromatic heterocycles. The average Bonchev–Trinajstić information content (AvgIpc) is 2.16. The van der Waals surface area contributed by atoms with Crippen LogP contribution in [0.1, 0.15) is 36.8 Å². The Morgan fingerprint density at radius 1 is 1.60 bits per heavy atom. The first-order chi connectivity index (χ1) is 7.04. The number of hydrogen-bond donors (Lipinski definition) is 2. The molecule has 1 heterocycles. The highest BCUT2D eigenvalue weighted by Gasteiger charge is 2.11. The first-order valence-corrected chi connectivity index (χ1v) is 4.90. The second kappa shape index (κ2) is 4.72. The Morgan fingerprint density at radius 2 is 2.27 bits per heavy atom. The van der Waals surface area contributed by atoms with Gasteiger partial charge in [-0.05, 0) is 20.3 Å². The maximum atomic E-state index is 10.8. The zero-order valence-electron chi connectivity index (χ0n) is 9.11. The van der Waals surface area contributed by atoms with Crippen LogP contribution in [-0.2, 0) is 6.42 Å². The molecule has 82 valence electrons. The van der Waals surface area contributed by atoms with Gasteiger partial charge in [-0.25, -0.2) is 14.8 Å². The smallest absolute Gasteiger partial charge is 0.339 e. The van der Waals surface area contributed by atoms with Crippen molar-refractivity contribution in [3.8, 4) is 0 Å². The van der Waals surface area contributed by atoms with Crippen molar-refractivity contribution in [3.05, 3.63) is 17.5 Å². The summed E-state index contributed by atoms with van der Waals surface area (Å²) in [4.78, 5) is 18.9. The molecule has 15 heavy (non-hydrogen) atoms. The van der Waals surface area contributed by atoms with Crippen molar-refractivity contribution in [1.29, 1.82) is 0 Å². The van der Waals surface area contributed by atoms with Gasteiger partial charge >= 0.3 is 5.97 Å². The van der Waals surface area contributed by atoms with Crippen molar-refractivity contribution in [3.63, 3.8) is 0 Å². The lowest BCUT2D eigenvalue weighted by atomic mass is 10.2. The van der Waals surface area contributed by atoms with Gasteiger partial charge in [-0.15, -0.1) is 0 Å². The highest BCUT2D eigenvalue weighted by molar-refractivity contribution is 5.88. The largest absolute Gasteiger partial charge is 0.478 e. The molecule has 0 saturated carbocycles. The number of nitrogens with one attached hydrogen (secondary N) is 1. The standard InChI is InChI=1S/C10H15N3O2/c1-4-8-7(9(14)15)5-11-10(13-8)12-6(2)3/h5-6H,4H2,1-3H3,(H,14,15)(H,11,12,13). The van der Waals surface area contributed by atoms with Crippen molar-refractivity contribution >= 4 is 11.9 Å². The molecule has 0 amide bonds. The van der Waals surface area contributed by atoms with E-state index in [4.69, 9.17) is 5.11 Å². The fourth-order valence-electron chi connectivity index (χ4n) is 1.19. The number of hydrogen-bond acceptors (Lipinski definition) is 4. The molecule has 0 radical (unpaired) electrons. The predicted octanol–water partition coefficient (Wildman–Crippen LogP) is 1.56. The molecule has 0 aliphatic carbocycles. The van der Waals surface area contributed by atoms with Crippen molar-refractivity contribution in [1.82, 2.24) is 9.97 Å². The molecular weight excluding hydrogens is 194 g/mol. The van der Waals surface area contributed by atoms with Crippen molar-refractivity contribution in [2.24, 2.45) is 0 Å². The third-order valence-electron chi connectivity index (χ3n) is 1.85. The molecule has 5 nitrogen and oxygen atoms in total. The van der Waals surface area contributed by atoms with E-state index in [-0.39, 0.29) is 11.6 Å². The second-order valence-corrected chi connectivity index (χ2v) is 3.51. The van der Waals surface area contributed by atoms with E-state index in [1.54, 1.807) is 0 Å². The fraction of sp³-hybridized carbons (Fsp3) is 0.500. The minimum absolute atomic E-state index is 0.173. The number of anilines is 1. The number of aryl methyl sites for hydroxylation is 1. The lowest BCUT2D eigenvalue weighted by Crippen LogP contribution is -2.15. The maximum absolute atomic E-state index is 10.8. The number of aromatic nitrogens is 2. The second-order valence-electron chi connectivity index (χ2n) is 3.51. The van der Waals surface area contributed by atoms with Gasteiger partial charge in [0.05, 0.1) is 11.3 Å². The zero-order chi connectivity index (χ0) is 11.4. The Balaban J connectivity index is 3.02. The first-order valence-electron chi connectivity index (χ1n) is 4.90. The Kier molecular flexibility index (Phi) is 3.60. The lowest BCUT2D eigenvalue weighted by Gasteiger charge is -2.09. The molecule has 0 fully saturated rings. The van der Waals surface area contributed by atoms with E-state index in [9.17, 15) is 4.79 Å². The number of aromatic carboxylic acids is 1. The number of rotatable bonds is 4. The summed E-state index contributed by atoms with van der Waals surface area (Å²) >= 11 is 0. The van der Waals surface area contributed by atoms with E-state index in [2.05, 4.69) is 15.3 Å². The van der Waals surface area contributed by atoms with E-state index >= 15 is 0 Å². The van der Waals surface area contributed by atoms with Gasteiger partial charge in [0.1, 0.15) is 0 Å². The van der Waals surface area contributed by atoms with Gasteiger partial charge < -0.3 is 10.4 Å². The van der Waals surface area contributed by atoms with E-state index in [0.717, 1.165) is 0 Å². The Labute approximate surface area is 88.6 Å². The number of carboxylic acid groups (broad SMARTS) is 1. The zero-order valence-corrected chi connectivity index (χ0v) is 9.11. The minimum Gasteiger partial charge on any atom is -0.478 e. The van der Waals surface area contributed by atoms with E-state index in [1.165, 1.54) is 6.20 Å². The maximum Gasteiger partial charge on any atom is 0.339 e.